The number of thiophene rings is 1. The Hall–Kier alpha value is -1.89. The topological polar surface area (TPSA) is 87.3 Å². The zero-order valence-electron chi connectivity index (χ0n) is 17.5. The number of fused-ring (bicyclic) bond motifs is 1. The van der Waals surface area contributed by atoms with Crippen LogP contribution in [0.15, 0.2) is 6.07 Å². The summed E-state index contributed by atoms with van der Waals surface area (Å²) in [5, 5.41) is 2.90. The summed E-state index contributed by atoms with van der Waals surface area (Å²) in [6.07, 6.45) is 10.7. The average Bonchev–Trinajstić information content (AvgIpc) is 3.00. The summed E-state index contributed by atoms with van der Waals surface area (Å²) < 4.78 is 0. The minimum absolute atomic E-state index is 0.00564. The molecule has 0 aromatic carbocycles. The fourth-order valence-electron chi connectivity index (χ4n) is 4.21. The van der Waals surface area contributed by atoms with Crippen LogP contribution in [0, 0.1) is 11.8 Å². The van der Waals surface area contributed by atoms with Gasteiger partial charge in [0, 0.05) is 10.8 Å². The summed E-state index contributed by atoms with van der Waals surface area (Å²) in [4.78, 5) is 39.6. The van der Waals surface area contributed by atoms with Crippen molar-refractivity contribution in [3.05, 3.63) is 21.4 Å². The summed E-state index contributed by atoms with van der Waals surface area (Å²) in [6.45, 7) is 3.78. The van der Waals surface area contributed by atoms with Crippen LogP contribution < -0.4 is 16.2 Å². The van der Waals surface area contributed by atoms with Crippen molar-refractivity contribution in [1.29, 1.82) is 0 Å². The lowest BCUT2D eigenvalue weighted by Gasteiger charge is -2.26. The van der Waals surface area contributed by atoms with E-state index in [2.05, 4.69) is 16.2 Å². The number of nitrogens with one attached hydrogen (secondary N) is 3. The lowest BCUT2D eigenvalue weighted by atomic mass is 9.88. The van der Waals surface area contributed by atoms with Gasteiger partial charge >= 0.3 is 0 Å². The van der Waals surface area contributed by atoms with Crippen LogP contribution in [0.25, 0.3) is 0 Å². The van der Waals surface area contributed by atoms with Crippen molar-refractivity contribution in [2.75, 3.05) is 0 Å². The number of rotatable bonds is 5. The summed E-state index contributed by atoms with van der Waals surface area (Å²) >= 11 is 1.52. The van der Waals surface area contributed by atoms with Crippen molar-refractivity contribution < 1.29 is 14.4 Å². The molecule has 0 spiro atoms. The zero-order chi connectivity index (χ0) is 20.8. The van der Waals surface area contributed by atoms with Crippen molar-refractivity contribution in [2.24, 2.45) is 11.8 Å². The van der Waals surface area contributed by atoms with E-state index in [9.17, 15) is 14.4 Å². The molecule has 1 atom stereocenters. The number of hydrogen-bond donors (Lipinski definition) is 3. The molecule has 0 radical (unpaired) electrons. The first-order valence-corrected chi connectivity index (χ1v) is 11.8. The second-order valence-electron chi connectivity index (χ2n) is 8.63. The molecule has 1 saturated carbocycles. The zero-order valence-corrected chi connectivity index (χ0v) is 18.3. The van der Waals surface area contributed by atoms with Crippen LogP contribution in [0.1, 0.15) is 85.3 Å². The van der Waals surface area contributed by atoms with Gasteiger partial charge in [-0.3, -0.25) is 25.2 Å². The van der Waals surface area contributed by atoms with E-state index in [-0.39, 0.29) is 29.6 Å². The largest absolute Gasteiger partial charge is 0.344 e. The number of carbonyl (C=O) groups is 3. The van der Waals surface area contributed by atoms with Gasteiger partial charge in [0.05, 0.1) is 4.88 Å². The molecule has 29 heavy (non-hydrogen) atoms. The average molecular weight is 420 g/mol. The van der Waals surface area contributed by atoms with Crippen LogP contribution in [-0.4, -0.2) is 23.8 Å². The normalized spacial score (nSPS) is 18.4. The highest BCUT2D eigenvalue weighted by Gasteiger charge is 2.29. The molecule has 0 aliphatic heterocycles. The molecule has 160 valence electrons. The SMILES string of the molecule is CC(C)[C@H](NC(=O)C1CCCCC1)C(=O)NNC(=O)c1cc2c(s1)CCCCC2. The van der Waals surface area contributed by atoms with E-state index in [0.717, 1.165) is 44.9 Å². The highest BCUT2D eigenvalue weighted by atomic mass is 32.1. The van der Waals surface area contributed by atoms with Crippen LogP contribution in [0.3, 0.4) is 0 Å². The molecule has 1 heterocycles. The predicted molar refractivity (Wildman–Crippen MR) is 115 cm³/mol. The van der Waals surface area contributed by atoms with Gasteiger partial charge < -0.3 is 5.32 Å². The van der Waals surface area contributed by atoms with Crippen LogP contribution in [0.2, 0.25) is 0 Å². The van der Waals surface area contributed by atoms with Crippen molar-refractivity contribution in [3.8, 4) is 0 Å². The standard InChI is InChI=1S/C22H33N3O3S/c1-14(2)19(23-20(26)15-9-5-3-6-10-15)22(28)25-24-21(27)18-13-16-11-7-4-8-12-17(16)29-18/h13-15,19H,3-12H2,1-2H3,(H,23,26)(H,24,27)(H,25,28)/t19-/m0/s1. The Morgan fingerprint density at radius 1 is 0.966 bits per heavy atom. The van der Waals surface area contributed by atoms with Gasteiger partial charge in [-0.1, -0.05) is 39.5 Å². The summed E-state index contributed by atoms with van der Waals surface area (Å²) in [7, 11) is 0. The first-order chi connectivity index (χ1) is 14.0. The number of amides is 3. The molecule has 7 heteroatoms. The summed E-state index contributed by atoms with van der Waals surface area (Å²) in [5.41, 5.74) is 6.32. The van der Waals surface area contributed by atoms with E-state index in [1.54, 1.807) is 0 Å². The van der Waals surface area contributed by atoms with Crippen molar-refractivity contribution in [1.82, 2.24) is 16.2 Å². The van der Waals surface area contributed by atoms with Crippen molar-refractivity contribution >= 4 is 29.1 Å². The van der Waals surface area contributed by atoms with Crippen molar-refractivity contribution in [2.45, 2.75) is 84.1 Å². The molecular formula is C22H33N3O3S. The van der Waals surface area contributed by atoms with E-state index in [1.165, 1.54) is 41.0 Å². The number of aryl methyl sites for hydroxylation is 2. The highest BCUT2D eigenvalue weighted by Crippen LogP contribution is 2.29. The third-order valence-electron chi connectivity index (χ3n) is 5.99. The van der Waals surface area contributed by atoms with Crippen molar-refractivity contribution in [3.63, 3.8) is 0 Å². The second-order valence-corrected chi connectivity index (χ2v) is 9.77. The van der Waals surface area contributed by atoms with Crippen LogP contribution in [0.4, 0.5) is 0 Å². The third-order valence-corrected chi connectivity index (χ3v) is 7.23. The van der Waals surface area contributed by atoms with E-state index in [0.29, 0.717) is 4.88 Å². The Morgan fingerprint density at radius 2 is 1.66 bits per heavy atom. The van der Waals surface area contributed by atoms with Crippen LogP contribution >= 0.6 is 11.3 Å². The summed E-state index contributed by atoms with van der Waals surface area (Å²) in [6, 6.07) is 1.29. The fourth-order valence-corrected chi connectivity index (χ4v) is 5.36. The van der Waals surface area contributed by atoms with Gasteiger partial charge in [-0.05, 0) is 56.1 Å². The maximum Gasteiger partial charge on any atom is 0.279 e. The monoisotopic (exact) mass is 419 g/mol. The number of hydrazine groups is 1. The maximum atomic E-state index is 12.6. The quantitative estimate of drug-likeness (QED) is 0.504. The molecule has 1 aromatic rings. The second kappa shape index (κ2) is 10.2. The first-order valence-electron chi connectivity index (χ1n) is 11.0. The highest BCUT2D eigenvalue weighted by molar-refractivity contribution is 7.14. The third kappa shape index (κ3) is 5.81. The Morgan fingerprint density at radius 3 is 2.38 bits per heavy atom. The molecule has 3 amide bonds. The van der Waals surface area contributed by atoms with Crippen LogP contribution in [-0.2, 0) is 22.4 Å². The molecule has 2 aliphatic carbocycles. The van der Waals surface area contributed by atoms with E-state index in [4.69, 9.17) is 0 Å². The molecule has 3 N–H and O–H groups in total. The summed E-state index contributed by atoms with van der Waals surface area (Å²) in [5.74, 6) is -0.800. The van der Waals surface area contributed by atoms with E-state index in [1.807, 2.05) is 19.9 Å². The Kier molecular flexibility index (Phi) is 7.70. The molecule has 2 aliphatic rings. The minimum Gasteiger partial charge on any atom is -0.344 e. The molecule has 1 aromatic heterocycles. The first kappa shape index (κ1) is 21.8. The molecule has 0 bridgehead atoms. The number of hydrogen-bond acceptors (Lipinski definition) is 4. The van der Waals surface area contributed by atoms with Gasteiger partial charge in [-0.25, -0.2) is 0 Å². The van der Waals surface area contributed by atoms with Gasteiger partial charge in [-0.2, -0.15) is 0 Å². The predicted octanol–water partition coefficient (Wildman–Crippen LogP) is 3.50. The lowest BCUT2D eigenvalue weighted by molar-refractivity contribution is -0.133. The molecule has 0 saturated heterocycles. The van der Waals surface area contributed by atoms with Crippen LogP contribution in [0.5, 0.6) is 0 Å². The van der Waals surface area contributed by atoms with E-state index >= 15 is 0 Å². The minimum atomic E-state index is -0.662. The molecule has 6 nitrogen and oxygen atoms in total. The van der Waals surface area contributed by atoms with Gasteiger partial charge in [0.2, 0.25) is 5.91 Å². The van der Waals surface area contributed by atoms with Gasteiger partial charge in [-0.15, -0.1) is 11.3 Å². The Labute approximate surface area is 177 Å². The van der Waals surface area contributed by atoms with Gasteiger partial charge in [0.1, 0.15) is 6.04 Å². The molecular weight excluding hydrogens is 386 g/mol. The van der Waals surface area contributed by atoms with E-state index < -0.39 is 6.04 Å². The maximum absolute atomic E-state index is 12.6. The lowest BCUT2D eigenvalue weighted by Crippen LogP contribution is -2.55. The van der Waals surface area contributed by atoms with Gasteiger partial charge in [0.15, 0.2) is 0 Å². The Balaban J connectivity index is 1.54. The van der Waals surface area contributed by atoms with Gasteiger partial charge in [0.25, 0.3) is 11.8 Å². The molecule has 3 rings (SSSR count). The number of carbonyl (C=O) groups excluding carboxylic acids is 3. The smallest absolute Gasteiger partial charge is 0.279 e. The molecule has 1 fully saturated rings. The fraction of sp³-hybridized carbons (Fsp3) is 0.682. The Bertz CT molecular complexity index is 714. The molecule has 0 unspecified atom stereocenters.